The molecule has 2 atom stereocenters. The lowest BCUT2D eigenvalue weighted by Gasteiger charge is -2.19. The lowest BCUT2D eigenvalue weighted by molar-refractivity contribution is 0.488. The van der Waals surface area contributed by atoms with Gasteiger partial charge in [-0.15, -0.1) is 0 Å². The number of sulfonamides is 1. The number of rotatable bonds is 7. The molecule has 0 aliphatic carbocycles. The summed E-state index contributed by atoms with van der Waals surface area (Å²) in [6.45, 7) is 5.60. The van der Waals surface area contributed by atoms with Crippen molar-refractivity contribution in [2.24, 2.45) is 11.7 Å². The van der Waals surface area contributed by atoms with Gasteiger partial charge < -0.3 is 5.73 Å². The van der Waals surface area contributed by atoms with Gasteiger partial charge in [-0.1, -0.05) is 37.3 Å². The van der Waals surface area contributed by atoms with Crippen LogP contribution in [0, 0.1) is 5.92 Å². The van der Waals surface area contributed by atoms with Crippen molar-refractivity contribution >= 4 is 10.0 Å². The third kappa shape index (κ3) is 5.72. The zero-order valence-corrected chi connectivity index (χ0v) is 12.7. The molecule has 0 aromatic heterocycles. The fourth-order valence-electron chi connectivity index (χ4n) is 2.04. The Bertz CT molecular complexity index is 471. The number of benzene rings is 1. The van der Waals surface area contributed by atoms with Crippen molar-refractivity contribution in [1.29, 1.82) is 0 Å². The molecule has 0 fully saturated rings. The third-order valence-electron chi connectivity index (χ3n) is 2.86. The van der Waals surface area contributed by atoms with E-state index in [2.05, 4.69) is 4.72 Å². The van der Waals surface area contributed by atoms with Gasteiger partial charge in [0.2, 0.25) is 10.0 Å². The molecule has 1 aromatic rings. The largest absolute Gasteiger partial charge is 0.314 e. The van der Waals surface area contributed by atoms with E-state index < -0.39 is 15.4 Å². The van der Waals surface area contributed by atoms with E-state index in [1.54, 1.807) is 13.8 Å². The fraction of sp³-hybridized carbons (Fsp3) is 0.571. The highest BCUT2D eigenvalue weighted by Gasteiger charge is 2.23. The topological polar surface area (TPSA) is 72.2 Å². The number of hydrogen-bond acceptors (Lipinski definition) is 3. The number of nitrogens with one attached hydrogen (secondary N) is 1. The molecule has 0 aliphatic rings. The molecule has 4 nitrogen and oxygen atoms in total. The molecule has 0 saturated carbocycles. The Morgan fingerprint density at radius 2 is 1.74 bits per heavy atom. The Balaban J connectivity index is 2.55. The van der Waals surface area contributed by atoms with Crippen LogP contribution >= 0.6 is 0 Å². The van der Waals surface area contributed by atoms with Gasteiger partial charge in [0.05, 0.1) is 0 Å². The molecule has 19 heavy (non-hydrogen) atoms. The lowest BCUT2D eigenvalue weighted by atomic mass is 9.98. The van der Waals surface area contributed by atoms with Crippen molar-refractivity contribution in [3.63, 3.8) is 0 Å². The minimum atomic E-state index is -3.42. The first kappa shape index (κ1) is 16.1. The summed E-state index contributed by atoms with van der Waals surface area (Å²) in [5.41, 5.74) is 7.01. The molecule has 1 aromatic carbocycles. The van der Waals surface area contributed by atoms with E-state index in [0.717, 1.165) is 6.42 Å². The van der Waals surface area contributed by atoms with Gasteiger partial charge in [-0.2, -0.15) is 0 Å². The molecule has 0 saturated heterocycles. The second kappa shape index (κ2) is 7.03. The molecule has 3 N–H and O–H groups in total. The van der Waals surface area contributed by atoms with Crippen LogP contribution in [0.25, 0.3) is 0 Å². The molecule has 0 amide bonds. The molecular weight excluding hydrogens is 260 g/mol. The Kier molecular flexibility index (Phi) is 5.97. The molecule has 108 valence electrons. The molecule has 0 spiro atoms. The number of nitrogens with two attached hydrogens (primary N) is 1. The van der Waals surface area contributed by atoms with Crippen LogP contribution in [0.3, 0.4) is 0 Å². The van der Waals surface area contributed by atoms with Crippen molar-refractivity contribution < 1.29 is 8.42 Å². The van der Waals surface area contributed by atoms with Gasteiger partial charge in [0.25, 0.3) is 0 Å². The standard InChI is InChI=1S/C14H24N2O2S/c1-11(2)16-19(17,18)14(15)10-12(3)9-13-7-5-4-6-8-13/h4-8,11-12,14,16H,9-10,15H2,1-3H3. The van der Waals surface area contributed by atoms with Crippen LogP contribution in [0.1, 0.15) is 32.8 Å². The summed E-state index contributed by atoms with van der Waals surface area (Å²) in [5, 5.41) is -0.853. The van der Waals surface area contributed by atoms with Gasteiger partial charge >= 0.3 is 0 Å². The zero-order chi connectivity index (χ0) is 14.5. The SMILES string of the molecule is CC(Cc1ccccc1)CC(N)S(=O)(=O)NC(C)C. The Hall–Kier alpha value is -0.910. The molecular formula is C14H24N2O2S. The summed E-state index contributed by atoms with van der Waals surface area (Å²) >= 11 is 0. The van der Waals surface area contributed by atoms with E-state index in [4.69, 9.17) is 5.73 Å². The average Bonchev–Trinajstić information content (AvgIpc) is 2.28. The molecule has 2 unspecified atom stereocenters. The average molecular weight is 284 g/mol. The van der Waals surface area contributed by atoms with E-state index in [0.29, 0.717) is 6.42 Å². The first-order valence-electron chi connectivity index (χ1n) is 6.62. The second-order valence-corrected chi connectivity index (χ2v) is 7.32. The Morgan fingerprint density at radius 1 is 1.16 bits per heavy atom. The van der Waals surface area contributed by atoms with Crippen molar-refractivity contribution in [2.75, 3.05) is 0 Å². The van der Waals surface area contributed by atoms with Gasteiger partial charge in [-0.05, 0) is 38.2 Å². The van der Waals surface area contributed by atoms with Crippen molar-refractivity contribution in [3.05, 3.63) is 35.9 Å². The van der Waals surface area contributed by atoms with E-state index in [-0.39, 0.29) is 12.0 Å². The summed E-state index contributed by atoms with van der Waals surface area (Å²) in [7, 11) is -3.42. The third-order valence-corrected chi connectivity index (χ3v) is 4.65. The highest BCUT2D eigenvalue weighted by Crippen LogP contribution is 2.15. The van der Waals surface area contributed by atoms with Gasteiger partial charge in [-0.3, -0.25) is 0 Å². The van der Waals surface area contributed by atoms with Gasteiger partial charge in [-0.25, -0.2) is 13.1 Å². The van der Waals surface area contributed by atoms with Crippen LogP contribution in [0.5, 0.6) is 0 Å². The minimum absolute atomic E-state index is 0.125. The minimum Gasteiger partial charge on any atom is -0.314 e. The summed E-state index contributed by atoms with van der Waals surface area (Å²) in [4.78, 5) is 0. The molecule has 0 bridgehead atoms. The summed E-state index contributed by atoms with van der Waals surface area (Å²) in [6, 6.07) is 9.90. The smallest absolute Gasteiger partial charge is 0.227 e. The molecule has 0 aliphatic heterocycles. The van der Waals surface area contributed by atoms with E-state index in [1.807, 2.05) is 37.3 Å². The fourth-order valence-corrected chi connectivity index (χ4v) is 3.45. The Morgan fingerprint density at radius 3 is 2.26 bits per heavy atom. The maximum absolute atomic E-state index is 11.9. The molecule has 1 rings (SSSR count). The van der Waals surface area contributed by atoms with Gasteiger partial charge in [0.1, 0.15) is 5.37 Å². The van der Waals surface area contributed by atoms with Gasteiger partial charge in [0.15, 0.2) is 0 Å². The van der Waals surface area contributed by atoms with E-state index >= 15 is 0 Å². The van der Waals surface area contributed by atoms with Crippen LogP contribution in [0.4, 0.5) is 0 Å². The van der Waals surface area contributed by atoms with Crippen LogP contribution in [0.2, 0.25) is 0 Å². The van der Waals surface area contributed by atoms with Crippen molar-refractivity contribution in [1.82, 2.24) is 4.72 Å². The van der Waals surface area contributed by atoms with Crippen molar-refractivity contribution in [2.45, 2.75) is 45.0 Å². The van der Waals surface area contributed by atoms with Crippen LogP contribution < -0.4 is 10.5 Å². The summed E-state index contributed by atoms with van der Waals surface area (Å²) < 4.78 is 26.3. The second-order valence-electron chi connectivity index (χ2n) is 5.39. The highest BCUT2D eigenvalue weighted by molar-refractivity contribution is 7.90. The maximum atomic E-state index is 11.9. The predicted octanol–water partition coefficient (Wildman–Crippen LogP) is 1.87. The maximum Gasteiger partial charge on any atom is 0.227 e. The quantitative estimate of drug-likeness (QED) is 0.803. The zero-order valence-electron chi connectivity index (χ0n) is 11.8. The Labute approximate surface area is 116 Å². The molecule has 0 radical (unpaired) electrons. The highest BCUT2D eigenvalue weighted by atomic mass is 32.2. The van der Waals surface area contributed by atoms with Crippen molar-refractivity contribution in [3.8, 4) is 0 Å². The summed E-state index contributed by atoms with van der Waals surface area (Å²) in [5.74, 6) is 0.223. The summed E-state index contributed by atoms with van der Waals surface area (Å²) in [6.07, 6.45) is 1.29. The lowest BCUT2D eigenvalue weighted by Crippen LogP contribution is -2.43. The molecule has 5 heteroatoms. The first-order chi connectivity index (χ1) is 8.81. The first-order valence-corrected chi connectivity index (χ1v) is 8.16. The van der Waals surface area contributed by atoms with Crippen LogP contribution in [-0.4, -0.2) is 19.8 Å². The van der Waals surface area contributed by atoms with Crippen LogP contribution in [0.15, 0.2) is 30.3 Å². The molecule has 0 heterocycles. The van der Waals surface area contributed by atoms with Crippen LogP contribution in [-0.2, 0) is 16.4 Å². The predicted molar refractivity (Wildman–Crippen MR) is 79.1 cm³/mol. The monoisotopic (exact) mass is 284 g/mol. The number of hydrogen-bond donors (Lipinski definition) is 2. The van der Waals surface area contributed by atoms with E-state index in [9.17, 15) is 8.42 Å². The normalized spacial score (nSPS) is 15.4. The van der Waals surface area contributed by atoms with Gasteiger partial charge in [0, 0.05) is 6.04 Å². The van der Waals surface area contributed by atoms with E-state index in [1.165, 1.54) is 5.56 Å².